The summed E-state index contributed by atoms with van der Waals surface area (Å²) in [5, 5.41) is 31.7. The van der Waals surface area contributed by atoms with Gasteiger partial charge in [-0.05, 0) is 17.7 Å². The Bertz CT molecular complexity index is 887. The zero-order valence-corrected chi connectivity index (χ0v) is 13.4. The number of aromatic hydroxyl groups is 1. The van der Waals surface area contributed by atoms with E-state index in [0.29, 0.717) is 5.56 Å². The topological polar surface area (TPSA) is 106 Å². The summed E-state index contributed by atoms with van der Waals surface area (Å²) in [6.45, 7) is 0. The lowest BCUT2D eigenvalue weighted by Crippen LogP contribution is -2.53. The molecule has 25 heavy (non-hydrogen) atoms. The van der Waals surface area contributed by atoms with Crippen molar-refractivity contribution in [2.24, 2.45) is 0 Å². The highest BCUT2D eigenvalue weighted by molar-refractivity contribution is 5.84. The van der Waals surface area contributed by atoms with Gasteiger partial charge in [0, 0.05) is 12.1 Å². The number of rotatable bonds is 3. The Hall–Kier alpha value is -3.53. The molecule has 0 saturated carbocycles. The van der Waals surface area contributed by atoms with Gasteiger partial charge in [-0.25, -0.2) is 0 Å². The molecule has 2 heterocycles. The van der Waals surface area contributed by atoms with Gasteiger partial charge in [0.15, 0.2) is 23.9 Å². The van der Waals surface area contributed by atoms with Crippen molar-refractivity contribution in [3.05, 3.63) is 65.8 Å². The van der Waals surface area contributed by atoms with Crippen LogP contribution in [0.15, 0.2) is 60.2 Å². The van der Waals surface area contributed by atoms with E-state index in [9.17, 15) is 20.3 Å². The van der Waals surface area contributed by atoms with Gasteiger partial charge in [-0.3, -0.25) is 10.1 Å². The second-order valence-electron chi connectivity index (χ2n) is 5.54. The Labute approximate surface area is 144 Å². The summed E-state index contributed by atoms with van der Waals surface area (Å²) in [4.78, 5) is 12.6. The molecule has 0 bridgehead atoms. The summed E-state index contributed by atoms with van der Waals surface area (Å²) in [5.41, 5.74) is 0.600. The molecule has 0 spiro atoms. The minimum absolute atomic E-state index is 0.0358. The second kappa shape index (κ2) is 6.53. The Balaban J connectivity index is 2.21. The minimum atomic E-state index is -0.777. The number of aliphatic hydroxyl groups excluding tert-OH is 1. The van der Waals surface area contributed by atoms with Gasteiger partial charge in [0.2, 0.25) is 11.9 Å². The van der Waals surface area contributed by atoms with E-state index in [1.807, 2.05) is 12.1 Å². The Morgan fingerprint density at radius 3 is 2.60 bits per heavy atom. The number of benzene rings is 1. The summed E-state index contributed by atoms with van der Waals surface area (Å²) in [6, 6.07) is 11.1. The molecule has 1 aromatic carbocycles. The Kier molecular flexibility index (Phi) is 4.27. The van der Waals surface area contributed by atoms with Crippen LogP contribution in [-0.4, -0.2) is 23.2 Å². The first-order valence-electron chi connectivity index (χ1n) is 7.53. The number of hydrogen-bond donors (Lipinski definition) is 3. The van der Waals surface area contributed by atoms with Gasteiger partial charge in [0.1, 0.15) is 11.6 Å². The first kappa shape index (κ1) is 16.3. The minimum Gasteiger partial charge on any atom is -0.504 e. The van der Waals surface area contributed by atoms with Crippen LogP contribution in [-0.2, 0) is 4.79 Å². The van der Waals surface area contributed by atoms with E-state index in [4.69, 9.17) is 4.74 Å². The van der Waals surface area contributed by atoms with Crippen molar-refractivity contribution >= 4 is 5.91 Å². The van der Waals surface area contributed by atoms with Gasteiger partial charge >= 0.3 is 0 Å². The van der Waals surface area contributed by atoms with E-state index < -0.39 is 23.8 Å². The standard InChI is InChI=1S/C18H15N3O4/c1-25-14-9-11(5-6-13(14)22)15-12(10-19)17(23)20-18(24)16(15)21-7-3-2-4-8-21/h2-9,15-16H,1H3,(H2-,20,22,23,24)/p+1/t15-,16+/m1/s1. The number of phenols is 1. The van der Waals surface area contributed by atoms with Crippen LogP contribution in [0.25, 0.3) is 0 Å². The second-order valence-corrected chi connectivity index (χ2v) is 5.54. The molecule has 7 nitrogen and oxygen atoms in total. The van der Waals surface area contributed by atoms with Gasteiger partial charge in [-0.15, -0.1) is 0 Å². The summed E-state index contributed by atoms with van der Waals surface area (Å²) in [5.74, 6) is -1.47. The van der Waals surface area contributed by atoms with Crippen molar-refractivity contribution in [2.45, 2.75) is 12.0 Å². The molecule has 0 aliphatic carbocycles. The number of nitrogens with zero attached hydrogens (tertiary/aromatic N) is 2. The van der Waals surface area contributed by atoms with Crippen LogP contribution in [0.5, 0.6) is 11.5 Å². The fourth-order valence-corrected chi connectivity index (χ4v) is 2.98. The van der Waals surface area contributed by atoms with Crippen molar-refractivity contribution < 1.29 is 24.3 Å². The third kappa shape index (κ3) is 2.85. The lowest BCUT2D eigenvalue weighted by molar-refractivity contribution is -0.711. The van der Waals surface area contributed by atoms with Crippen molar-refractivity contribution in [3.8, 4) is 17.6 Å². The van der Waals surface area contributed by atoms with Crippen molar-refractivity contribution in [1.29, 1.82) is 5.26 Å². The van der Waals surface area contributed by atoms with Crippen molar-refractivity contribution in [1.82, 2.24) is 5.32 Å². The molecule has 1 aliphatic rings. The predicted molar refractivity (Wildman–Crippen MR) is 86.5 cm³/mol. The highest BCUT2D eigenvalue weighted by Crippen LogP contribution is 2.39. The van der Waals surface area contributed by atoms with Gasteiger partial charge in [0.05, 0.1) is 13.0 Å². The number of ether oxygens (including phenoxy) is 1. The predicted octanol–water partition coefficient (Wildman–Crippen LogP) is 1.44. The number of aromatic nitrogens is 1. The highest BCUT2D eigenvalue weighted by Gasteiger charge is 2.45. The maximum absolute atomic E-state index is 12.6. The number of carbonyl (C=O) groups excluding carboxylic acids is 1. The largest absolute Gasteiger partial charge is 0.504 e. The summed E-state index contributed by atoms with van der Waals surface area (Å²) in [6.07, 6.45) is 3.43. The van der Waals surface area contributed by atoms with Crippen LogP contribution in [0.3, 0.4) is 0 Å². The molecule has 7 heteroatoms. The Morgan fingerprint density at radius 2 is 1.96 bits per heavy atom. The molecule has 126 valence electrons. The molecule has 1 amide bonds. The maximum Gasteiger partial charge on any atom is 0.296 e. The number of allylic oxidation sites excluding steroid dienone is 1. The van der Waals surface area contributed by atoms with Crippen LogP contribution >= 0.6 is 0 Å². The van der Waals surface area contributed by atoms with E-state index in [0.717, 1.165) is 0 Å². The first-order chi connectivity index (χ1) is 12.1. The van der Waals surface area contributed by atoms with E-state index >= 15 is 0 Å². The van der Waals surface area contributed by atoms with Crippen LogP contribution in [0.1, 0.15) is 17.5 Å². The smallest absolute Gasteiger partial charge is 0.296 e. The molecular formula is C18H16N3O4+. The zero-order chi connectivity index (χ0) is 18.0. The molecule has 1 aliphatic heterocycles. The summed E-state index contributed by atoms with van der Waals surface area (Å²) >= 11 is 0. The third-order valence-electron chi connectivity index (χ3n) is 4.14. The van der Waals surface area contributed by atoms with Gasteiger partial charge in [0.25, 0.3) is 5.91 Å². The van der Waals surface area contributed by atoms with Gasteiger partial charge in [-0.2, -0.15) is 9.83 Å². The fourth-order valence-electron chi connectivity index (χ4n) is 2.98. The van der Waals surface area contributed by atoms with Gasteiger partial charge < -0.3 is 14.9 Å². The molecule has 0 fully saturated rings. The zero-order valence-electron chi connectivity index (χ0n) is 13.4. The van der Waals surface area contributed by atoms with Crippen LogP contribution in [0.4, 0.5) is 0 Å². The number of hydrogen-bond acceptors (Lipinski definition) is 5. The number of nitrogens with one attached hydrogen (secondary N) is 1. The quantitative estimate of drug-likeness (QED) is 0.734. The normalized spacial score (nSPS) is 19.9. The van der Waals surface area contributed by atoms with E-state index in [-0.39, 0.29) is 17.1 Å². The van der Waals surface area contributed by atoms with Crippen molar-refractivity contribution in [3.63, 3.8) is 0 Å². The SMILES string of the molecule is COc1cc([C@@H]2C(C#N)=C(O)NC(=O)[C@H]2[n+]2ccccc2)ccc1O. The summed E-state index contributed by atoms with van der Waals surface area (Å²) in [7, 11) is 1.41. The van der Waals surface area contributed by atoms with Crippen LogP contribution < -0.4 is 14.6 Å². The number of phenolic OH excluding ortho intramolecular Hbond substituents is 1. The number of aliphatic hydroxyl groups is 1. The molecule has 3 rings (SSSR count). The van der Waals surface area contributed by atoms with E-state index in [1.165, 1.54) is 13.2 Å². The molecular weight excluding hydrogens is 322 g/mol. The van der Waals surface area contributed by atoms with Crippen LogP contribution in [0, 0.1) is 11.3 Å². The third-order valence-corrected chi connectivity index (χ3v) is 4.14. The molecule has 3 N–H and O–H groups in total. The molecule has 2 aromatic rings. The number of carbonyl (C=O) groups is 1. The lowest BCUT2D eigenvalue weighted by Gasteiger charge is -2.27. The first-order valence-corrected chi connectivity index (χ1v) is 7.53. The molecule has 1 aromatic heterocycles. The maximum atomic E-state index is 12.6. The monoisotopic (exact) mass is 338 g/mol. The average Bonchev–Trinajstić information content (AvgIpc) is 2.62. The number of nitriles is 1. The van der Waals surface area contributed by atoms with E-state index in [2.05, 4.69) is 5.32 Å². The van der Waals surface area contributed by atoms with E-state index in [1.54, 1.807) is 41.2 Å². The highest BCUT2D eigenvalue weighted by atomic mass is 16.5. The number of methoxy groups -OCH3 is 1. The molecule has 0 radical (unpaired) electrons. The molecule has 0 unspecified atom stereocenters. The van der Waals surface area contributed by atoms with Gasteiger partial charge in [-0.1, -0.05) is 12.1 Å². The molecule has 0 saturated heterocycles. The number of amides is 1. The summed E-state index contributed by atoms with van der Waals surface area (Å²) < 4.78 is 6.79. The average molecular weight is 338 g/mol. The number of pyridine rings is 1. The van der Waals surface area contributed by atoms with Crippen molar-refractivity contribution in [2.75, 3.05) is 7.11 Å². The van der Waals surface area contributed by atoms with Crippen LogP contribution in [0.2, 0.25) is 0 Å². The lowest BCUT2D eigenvalue weighted by atomic mass is 9.82. The molecule has 2 atom stereocenters. The fraction of sp³-hybridized carbons (Fsp3) is 0.167. The Morgan fingerprint density at radius 1 is 1.24 bits per heavy atom.